The van der Waals surface area contributed by atoms with Gasteiger partial charge in [0, 0.05) is 57.8 Å². The molecule has 2 heterocycles. The van der Waals surface area contributed by atoms with Gasteiger partial charge in [-0.05, 0) is 38.0 Å². The van der Waals surface area contributed by atoms with E-state index in [2.05, 4.69) is 40.6 Å². The molecule has 0 bridgehead atoms. The zero-order valence-electron chi connectivity index (χ0n) is 16.5. The summed E-state index contributed by atoms with van der Waals surface area (Å²) in [5.41, 5.74) is 8.90. The lowest BCUT2D eigenvalue weighted by atomic mass is 9.93. The van der Waals surface area contributed by atoms with Crippen molar-refractivity contribution in [2.24, 2.45) is 5.92 Å². The molecule has 3 N–H and O–H groups in total. The average Bonchev–Trinajstić information content (AvgIpc) is 3.09. The summed E-state index contributed by atoms with van der Waals surface area (Å²) in [7, 11) is 0. The molecule has 2 aliphatic rings. The van der Waals surface area contributed by atoms with E-state index in [9.17, 15) is 9.50 Å². The molecule has 1 aromatic carbocycles. The molecule has 3 atom stereocenters. The summed E-state index contributed by atoms with van der Waals surface area (Å²) >= 11 is 0. The molecule has 150 valence electrons. The highest BCUT2D eigenvalue weighted by molar-refractivity contribution is 5.22. The number of rotatable bonds is 7. The van der Waals surface area contributed by atoms with E-state index in [0.717, 1.165) is 51.3 Å². The van der Waals surface area contributed by atoms with Gasteiger partial charge in [-0.15, -0.1) is 0 Å². The maximum Gasteiger partial charge on any atom is 0.123 e. The second-order valence-corrected chi connectivity index (χ2v) is 8.02. The molecule has 0 radical (unpaired) electrons. The van der Waals surface area contributed by atoms with Crippen molar-refractivity contribution in [3.8, 4) is 0 Å². The largest absolute Gasteiger partial charge is 0.396 e. The van der Waals surface area contributed by atoms with Crippen LogP contribution >= 0.6 is 0 Å². The average molecular weight is 377 g/mol. The molecule has 3 rings (SSSR count). The van der Waals surface area contributed by atoms with Gasteiger partial charge >= 0.3 is 0 Å². The molecule has 27 heavy (non-hydrogen) atoms. The second-order valence-electron chi connectivity index (χ2n) is 8.02. The molecule has 5 nitrogen and oxygen atoms in total. The van der Waals surface area contributed by atoms with Crippen LogP contribution in [0.1, 0.15) is 31.9 Å². The van der Waals surface area contributed by atoms with Crippen LogP contribution in [0.25, 0.3) is 0 Å². The van der Waals surface area contributed by atoms with E-state index < -0.39 is 0 Å². The molecule has 2 saturated heterocycles. The Morgan fingerprint density at radius 3 is 2.93 bits per heavy atom. The molecule has 0 spiro atoms. The number of hydrogen-bond acceptors (Lipinski definition) is 5. The first-order chi connectivity index (χ1) is 13.1. The van der Waals surface area contributed by atoms with Gasteiger partial charge in [-0.25, -0.2) is 9.82 Å². The maximum absolute atomic E-state index is 13.6. The number of halogens is 1. The van der Waals surface area contributed by atoms with Crippen molar-refractivity contribution in [2.75, 3.05) is 45.9 Å². The predicted octanol–water partition coefficient (Wildman–Crippen LogP) is 1.93. The first-order valence-electron chi connectivity index (χ1n) is 10.0. The number of nitrogens with zero attached hydrogens (tertiary/aromatic N) is 2. The van der Waals surface area contributed by atoms with Gasteiger partial charge in [0.25, 0.3) is 0 Å². The summed E-state index contributed by atoms with van der Waals surface area (Å²) in [6.45, 7) is 10.3. The van der Waals surface area contributed by atoms with Crippen LogP contribution in [-0.2, 0) is 0 Å². The van der Waals surface area contributed by atoms with E-state index in [-0.39, 0.29) is 18.5 Å². The van der Waals surface area contributed by atoms with Crippen LogP contribution in [0.5, 0.6) is 0 Å². The lowest BCUT2D eigenvalue weighted by molar-refractivity contribution is 0.0586. The van der Waals surface area contributed by atoms with E-state index in [1.165, 1.54) is 11.6 Å². The van der Waals surface area contributed by atoms with Gasteiger partial charge in [0.1, 0.15) is 5.82 Å². The van der Waals surface area contributed by atoms with Gasteiger partial charge < -0.3 is 10.0 Å². The fourth-order valence-corrected chi connectivity index (χ4v) is 4.18. The second kappa shape index (κ2) is 9.75. The fourth-order valence-electron chi connectivity index (χ4n) is 4.18. The standard InChI is InChI=1S/C21H33FN4O/c1-16(2)6-8-26-10-9-25(15-20(26)7-11-27)14-18-13-23-24-21(18)17-4-3-5-19(22)12-17/h3-6,12,18,20-21,23-24,27H,7-11,13-15H2,1-2H3. The zero-order chi connectivity index (χ0) is 19.2. The van der Waals surface area contributed by atoms with Gasteiger partial charge in [0.05, 0.1) is 6.04 Å². The number of allylic oxidation sites excluding steroid dienone is 1. The third kappa shape index (κ3) is 5.59. The highest BCUT2D eigenvalue weighted by Crippen LogP contribution is 2.27. The third-order valence-electron chi connectivity index (χ3n) is 5.68. The summed E-state index contributed by atoms with van der Waals surface area (Å²) in [4.78, 5) is 4.99. The van der Waals surface area contributed by atoms with Crippen molar-refractivity contribution >= 4 is 0 Å². The molecular weight excluding hydrogens is 343 g/mol. The summed E-state index contributed by atoms with van der Waals surface area (Å²) < 4.78 is 13.6. The smallest absolute Gasteiger partial charge is 0.123 e. The van der Waals surface area contributed by atoms with Crippen LogP contribution in [0.4, 0.5) is 4.39 Å². The van der Waals surface area contributed by atoms with Gasteiger partial charge in [0.15, 0.2) is 0 Å². The Balaban J connectivity index is 1.61. The Kier molecular flexibility index (Phi) is 7.38. The molecule has 0 aliphatic carbocycles. The van der Waals surface area contributed by atoms with Crippen LogP contribution in [0, 0.1) is 11.7 Å². The van der Waals surface area contributed by atoms with E-state index in [4.69, 9.17) is 0 Å². The molecule has 0 amide bonds. The van der Waals surface area contributed by atoms with Crippen LogP contribution in [0.2, 0.25) is 0 Å². The normalized spacial score (nSPS) is 27.0. The number of hydrazine groups is 1. The first kappa shape index (κ1) is 20.4. The van der Waals surface area contributed by atoms with Gasteiger partial charge in [-0.1, -0.05) is 23.8 Å². The van der Waals surface area contributed by atoms with Crippen molar-refractivity contribution in [1.29, 1.82) is 0 Å². The van der Waals surface area contributed by atoms with Gasteiger partial charge in [-0.2, -0.15) is 0 Å². The molecule has 2 aliphatic heterocycles. The van der Waals surface area contributed by atoms with Crippen molar-refractivity contribution in [3.05, 3.63) is 47.3 Å². The minimum absolute atomic E-state index is 0.126. The predicted molar refractivity (Wildman–Crippen MR) is 107 cm³/mol. The van der Waals surface area contributed by atoms with Crippen molar-refractivity contribution < 1.29 is 9.50 Å². The molecular formula is C21H33FN4O. The first-order valence-corrected chi connectivity index (χ1v) is 10.0. The SMILES string of the molecule is CC(C)=CCN1CCN(CC2CNNC2c2cccc(F)c2)CC1CCO. The third-order valence-corrected chi connectivity index (χ3v) is 5.68. The minimum Gasteiger partial charge on any atom is -0.396 e. The summed E-state index contributed by atoms with van der Waals surface area (Å²) in [5.74, 6) is 0.210. The molecule has 3 unspecified atom stereocenters. The van der Waals surface area contributed by atoms with E-state index in [1.807, 2.05) is 6.07 Å². The highest BCUT2D eigenvalue weighted by Gasteiger charge is 2.33. The highest BCUT2D eigenvalue weighted by atomic mass is 19.1. The van der Waals surface area contributed by atoms with Gasteiger partial charge in [-0.3, -0.25) is 10.3 Å². The number of benzene rings is 1. The lowest BCUT2D eigenvalue weighted by Gasteiger charge is -2.42. The van der Waals surface area contributed by atoms with Crippen LogP contribution in [0.15, 0.2) is 35.9 Å². The van der Waals surface area contributed by atoms with E-state index in [0.29, 0.717) is 12.0 Å². The molecule has 1 aromatic rings. The van der Waals surface area contributed by atoms with Crippen LogP contribution in [0.3, 0.4) is 0 Å². The Labute approximate surface area is 162 Å². The van der Waals surface area contributed by atoms with Gasteiger partial charge in [0.2, 0.25) is 0 Å². The quantitative estimate of drug-likeness (QED) is 0.635. The van der Waals surface area contributed by atoms with Crippen molar-refractivity contribution in [1.82, 2.24) is 20.7 Å². The molecule has 6 heteroatoms. The molecule has 2 fully saturated rings. The molecule has 0 saturated carbocycles. The topological polar surface area (TPSA) is 50.8 Å². The maximum atomic E-state index is 13.6. The Bertz CT molecular complexity index is 634. The van der Waals surface area contributed by atoms with Crippen LogP contribution < -0.4 is 10.9 Å². The Morgan fingerprint density at radius 2 is 2.19 bits per heavy atom. The minimum atomic E-state index is -0.184. The van der Waals surface area contributed by atoms with Crippen molar-refractivity contribution in [3.63, 3.8) is 0 Å². The van der Waals surface area contributed by atoms with Crippen molar-refractivity contribution in [2.45, 2.75) is 32.4 Å². The molecule has 0 aromatic heterocycles. The Hall–Kier alpha value is -1.31. The number of aliphatic hydroxyl groups is 1. The monoisotopic (exact) mass is 376 g/mol. The summed E-state index contributed by atoms with van der Waals surface area (Å²) in [6.07, 6.45) is 3.08. The Morgan fingerprint density at radius 1 is 1.33 bits per heavy atom. The number of hydrogen-bond donors (Lipinski definition) is 3. The van der Waals surface area contributed by atoms with E-state index >= 15 is 0 Å². The fraction of sp³-hybridized carbons (Fsp3) is 0.619. The summed E-state index contributed by atoms with van der Waals surface area (Å²) in [6, 6.07) is 7.40. The lowest BCUT2D eigenvalue weighted by Crippen LogP contribution is -2.54. The summed E-state index contributed by atoms with van der Waals surface area (Å²) in [5, 5.41) is 9.48. The number of piperazine rings is 1. The van der Waals surface area contributed by atoms with E-state index in [1.54, 1.807) is 12.1 Å². The zero-order valence-corrected chi connectivity index (χ0v) is 16.5. The number of aliphatic hydroxyl groups excluding tert-OH is 1. The number of nitrogens with one attached hydrogen (secondary N) is 2. The van der Waals surface area contributed by atoms with Crippen LogP contribution in [-0.4, -0.2) is 66.8 Å².